The molecule has 26 heavy (non-hydrogen) atoms. The van der Waals surface area contributed by atoms with Gasteiger partial charge in [0.2, 0.25) is 11.8 Å². The maximum atomic E-state index is 12.5. The van der Waals surface area contributed by atoms with Crippen LogP contribution in [0.15, 0.2) is 54.6 Å². The first-order valence-corrected chi connectivity index (χ1v) is 8.93. The van der Waals surface area contributed by atoms with Gasteiger partial charge < -0.3 is 15.4 Å². The Labute approximate surface area is 153 Å². The summed E-state index contributed by atoms with van der Waals surface area (Å²) in [5.41, 5.74) is 2.03. The molecular formula is C21H24N2O3. The van der Waals surface area contributed by atoms with Crippen molar-refractivity contribution in [2.24, 2.45) is 0 Å². The first-order valence-electron chi connectivity index (χ1n) is 8.93. The van der Waals surface area contributed by atoms with Crippen LogP contribution in [0.5, 0.6) is 5.75 Å². The Balaban J connectivity index is 1.62. The number of aryl methyl sites for hydroxylation is 1. The second kappa shape index (κ2) is 8.52. The molecule has 2 aromatic carbocycles. The Morgan fingerprint density at radius 2 is 1.88 bits per heavy atom. The number of hydrogen-bond acceptors (Lipinski definition) is 3. The van der Waals surface area contributed by atoms with Gasteiger partial charge in [-0.1, -0.05) is 48.5 Å². The highest BCUT2D eigenvalue weighted by Gasteiger charge is 2.30. The highest BCUT2D eigenvalue weighted by molar-refractivity contribution is 5.80. The van der Waals surface area contributed by atoms with Crippen LogP contribution in [-0.2, 0) is 16.0 Å². The minimum absolute atomic E-state index is 0.0158. The van der Waals surface area contributed by atoms with E-state index in [2.05, 4.69) is 10.6 Å². The Kier molecular flexibility index (Phi) is 5.89. The quantitative estimate of drug-likeness (QED) is 0.840. The number of benzene rings is 2. The van der Waals surface area contributed by atoms with Crippen molar-refractivity contribution in [2.75, 3.05) is 7.11 Å². The number of methoxy groups -OCH3 is 1. The van der Waals surface area contributed by atoms with E-state index >= 15 is 0 Å². The van der Waals surface area contributed by atoms with Gasteiger partial charge in [0, 0.05) is 12.8 Å². The standard InChI is InChI=1S/C21H24N2O3/c1-26-18-10-6-5-7-15(18)11-13-19(24)22-17-12-14-20(25)23-21(17)16-8-3-2-4-9-16/h2-10,17,21H,11-14H2,1H3,(H,22,24)(H,23,25)/t17-,21+/m1/s1. The fraction of sp³-hybridized carbons (Fsp3) is 0.333. The van der Waals surface area contributed by atoms with Crippen molar-refractivity contribution in [1.29, 1.82) is 0 Å². The zero-order valence-electron chi connectivity index (χ0n) is 14.9. The predicted molar refractivity (Wildman–Crippen MR) is 99.8 cm³/mol. The third kappa shape index (κ3) is 4.42. The molecule has 2 aromatic rings. The van der Waals surface area contributed by atoms with Crippen LogP contribution in [0.4, 0.5) is 0 Å². The van der Waals surface area contributed by atoms with Crippen molar-refractivity contribution in [3.05, 3.63) is 65.7 Å². The number of para-hydroxylation sites is 1. The van der Waals surface area contributed by atoms with Crippen molar-refractivity contribution in [2.45, 2.75) is 37.8 Å². The molecule has 0 unspecified atom stereocenters. The second-order valence-electron chi connectivity index (χ2n) is 6.48. The number of ether oxygens (including phenoxy) is 1. The SMILES string of the molecule is COc1ccccc1CCC(=O)N[C@@H]1CCC(=O)N[C@H]1c1ccccc1. The molecule has 2 amide bonds. The van der Waals surface area contributed by atoms with Gasteiger partial charge in [-0.25, -0.2) is 0 Å². The molecule has 0 aromatic heterocycles. The fourth-order valence-electron chi connectivity index (χ4n) is 3.37. The van der Waals surface area contributed by atoms with Crippen LogP contribution in [0.1, 0.15) is 36.4 Å². The Hall–Kier alpha value is -2.82. The molecule has 1 saturated heterocycles. The van der Waals surface area contributed by atoms with Crippen molar-refractivity contribution >= 4 is 11.8 Å². The Bertz CT molecular complexity index is 761. The summed E-state index contributed by atoms with van der Waals surface area (Å²) in [6, 6.07) is 17.2. The Morgan fingerprint density at radius 3 is 2.65 bits per heavy atom. The maximum Gasteiger partial charge on any atom is 0.220 e. The summed E-state index contributed by atoms with van der Waals surface area (Å²) in [5.74, 6) is 0.809. The van der Waals surface area contributed by atoms with Crippen LogP contribution in [0.25, 0.3) is 0 Å². The van der Waals surface area contributed by atoms with Gasteiger partial charge in [0.15, 0.2) is 0 Å². The molecule has 1 fully saturated rings. The highest BCUT2D eigenvalue weighted by atomic mass is 16.5. The summed E-state index contributed by atoms with van der Waals surface area (Å²) in [6.45, 7) is 0. The third-order valence-electron chi connectivity index (χ3n) is 4.72. The van der Waals surface area contributed by atoms with Gasteiger partial charge >= 0.3 is 0 Å². The first-order chi connectivity index (χ1) is 12.7. The molecule has 5 nitrogen and oxygen atoms in total. The molecule has 2 N–H and O–H groups in total. The van der Waals surface area contributed by atoms with Crippen molar-refractivity contribution in [3.8, 4) is 5.75 Å². The summed E-state index contributed by atoms with van der Waals surface area (Å²) in [6.07, 6.45) is 2.07. The number of rotatable bonds is 6. The summed E-state index contributed by atoms with van der Waals surface area (Å²) in [5, 5.41) is 6.11. The van der Waals surface area contributed by atoms with Gasteiger partial charge in [0.1, 0.15) is 5.75 Å². The van der Waals surface area contributed by atoms with E-state index < -0.39 is 0 Å². The predicted octanol–water partition coefficient (Wildman–Crippen LogP) is 2.76. The molecule has 0 bridgehead atoms. The molecule has 3 rings (SSSR count). The molecule has 5 heteroatoms. The van der Waals surface area contributed by atoms with Gasteiger partial charge in [-0.15, -0.1) is 0 Å². The number of carbonyl (C=O) groups excluding carboxylic acids is 2. The van der Waals surface area contributed by atoms with E-state index in [4.69, 9.17) is 4.74 Å². The summed E-state index contributed by atoms with van der Waals surface area (Å²) >= 11 is 0. The topological polar surface area (TPSA) is 67.4 Å². The highest BCUT2D eigenvalue weighted by Crippen LogP contribution is 2.24. The lowest BCUT2D eigenvalue weighted by Gasteiger charge is -2.33. The molecule has 0 aliphatic carbocycles. The van der Waals surface area contributed by atoms with Gasteiger partial charge in [-0.3, -0.25) is 9.59 Å². The second-order valence-corrected chi connectivity index (χ2v) is 6.48. The van der Waals surface area contributed by atoms with Crippen molar-refractivity contribution in [1.82, 2.24) is 10.6 Å². The number of carbonyl (C=O) groups is 2. The molecule has 1 aliphatic heterocycles. The summed E-state index contributed by atoms with van der Waals surface area (Å²) < 4.78 is 5.34. The molecular weight excluding hydrogens is 328 g/mol. The average molecular weight is 352 g/mol. The first kappa shape index (κ1) is 18.0. The fourth-order valence-corrected chi connectivity index (χ4v) is 3.37. The van der Waals surface area contributed by atoms with Gasteiger partial charge in [-0.05, 0) is 30.0 Å². The minimum atomic E-state index is -0.187. The normalized spacial score (nSPS) is 19.5. The van der Waals surface area contributed by atoms with Crippen molar-refractivity contribution < 1.29 is 14.3 Å². The van der Waals surface area contributed by atoms with E-state index in [0.29, 0.717) is 25.7 Å². The molecule has 0 saturated carbocycles. The molecule has 0 radical (unpaired) electrons. The number of nitrogens with one attached hydrogen (secondary N) is 2. The minimum Gasteiger partial charge on any atom is -0.496 e. The molecule has 136 valence electrons. The number of piperidine rings is 1. The van der Waals surface area contributed by atoms with Crippen LogP contribution in [0.2, 0.25) is 0 Å². The van der Waals surface area contributed by atoms with Crippen LogP contribution in [0, 0.1) is 0 Å². The lowest BCUT2D eigenvalue weighted by atomic mass is 9.91. The summed E-state index contributed by atoms with van der Waals surface area (Å²) in [7, 11) is 1.63. The number of amides is 2. The van der Waals surface area contributed by atoms with Gasteiger partial charge in [0.25, 0.3) is 0 Å². The van der Waals surface area contributed by atoms with E-state index in [1.165, 1.54) is 0 Å². The molecule has 1 heterocycles. The van der Waals surface area contributed by atoms with E-state index in [0.717, 1.165) is 16.9 Å². The maximum absolute atomic E-state index is 12.5. The van der Waals surface area contributed by atoms with E-state index in [1.807, 2.05) is 54.6 Å². The Morgan fingerprint density at radius 1 is 1.15 bits per heavy atom. The largest absolute Gasteiger partial charge is 0.496 e. The third-order valence-corrected chi connectivity index (χ3v) is 4.72. The monoisotopic (exact) mass is 352 g/mol. The lowest BCUT2D eigenvalue weighted by Crippen LogP contribution is -2.50. The zero-order chi connectivity index (χ0) is 18.4. The average Bonchev–Trinajstić information content (AvgIpc) is 2.68. The van der Waals surface area contributed by atoms with Crippen molar-refractivity contribution in [3.63, 3.8) is 0 Å². The van der Waals surface area contributed by atoms with Gasteiger partial charge in [0.05, 0.1) is 19.2 Å². The molecule has 2 atom stereocenters. The lowest BCUT2D eigenvalue weighted by molar-refractivity contribution is -0.127. The smallest absolute Gasteiger partial charge is 0.220 e. The van der Waals surface area contributed by atoms with Gasteiger partial charge in [-0.2, -0.15) is 0 Å². The van der Waals surface area contributed by atoms with Crippen LogP contribution < -0.4 is 15.4 Å². The van der Waals surface area contributed by atoms with Crippen LogP contribution in [-0.4, -0.2) is 25.0 Å². The number of hydrogen-bond donors (Lipinski definition) is 2. The molecule has 1 aliphatic rings. The van der Waals surface area contributed by atoms with E-state index in [1.54, 1.807) is 7.11 Å². The van der Waals surface area contributed by atoms with E-state index in [-0.39, 0.29) is 23.9 Å². The van der Waals surface area contributed by atoms with Crippen LogP contribution in [0.3, 0.4) is 0 Å². The van der Waals surface area contributed by atoms with Crippen LogP contribution >= 0.6 is 0 Å². The zero-order valence-corrected chi connectivity index (χ0v) is 14.9. The molecule has 0 spiro atoms. The van der Waals surface area contributed by atoms with E-state index in [9.17, 15) is 9.59 Å². The summed E-state index contributed by atoms with van der Waals surface area (Å²) in [4.78, 5) is 24.3.